The predicted octanol–water partition coefficient (Wildman–Crippen LogP) is 1.83. The summed E-state index contributed by atoms with van der Waals surface area (Å²) in [6, 6.07) is 0.468. The van der Waals surface area contributed by atoms with Crippen molar-refractivity contribution in [2.24, 2.45) is 5.41 Å². The molecule has 0 aliphatic carbocycles. The third-order valence-corrected chi connectivity index (χ3v) is 2.27. The summed E-state index contributed by atoms with van der Waals surface area (Å²) in [6.07, 6.45) is 0. The van der Waals surface area contributed by atoms with Gasteiger partial charge in [0.25, 0.3) is 0 Å². The Morgan fingerprint density at radius 3 is 2.27 bits per heavy atom. The zero-order valence-electron chi connectivity index (χ0n) is 7.85. The molecule has 1 fully saturated rings. The van der Waals surface area contributed by atoms with Crippen LogP contribution in [0.2, 0.25) is 0 Å². The summed E-state index contributed by atoms with van der Waals surface area (Å²) < 4.78 is 5.34. The average Bonchev–Trinajstić information content (AvgIpc) is 2.11. The largest absolute Gasteiger partial charge is 0.477 e. The molecule has 2 heteroatoms. The first-order valence-corrected chi connectivity index (χ1v) is 3.97. The van der Waals surface area contributed by atoms with Gasteiger partial charge in [-0.15, -0.1) is 0 Å². The Bertz CT molecular complexity index is 169. The van der Waals surface area contributed by atoms with Crippen LogP contribution in [0.25, 0.3) is 0 Å². The highest BCUT2D eigenvalue weighted by molar-refractivity contribution is 4.97. The third kappa shape index (κ3) is 1.50. The Morgan fingerprint density at radius 2 is 2.09 bits per heavy atom. The number of likely N-dealkylation sites (N-methyl/N-ethyl adjacent to an activating group) is 1. The van der Waals surface area contributed by atoms with Gasteiger partial charge in [-0.3, -0.25) is 0 Å². The molecule has 1 unspecified atom stereocenters. The van der Waals surface area contributed by atoms with Crippen LogP contribution in [0.15, 0.2) is 12.5 Å². The van der Waals surface area contributed by atoms with Crippen LogP contribution in [0.3, 0.4) is 0 Å². The molecule has 11 heavy (non-hydrogen) atoms. The average molecular weight is 155 g/mol. The molecule has 1 aliphatic heterocycles. The monoisotopic (exact) mass is 155 g/mol. The van der Waals surface area contributed by atoms with Gasteiger partial charge in [0.1, 0.15) is 6.61 Å². The van der Waals surface area contributed by atoms with Crippen molar-refractivity contribution >= 4 is 0 Å². The normalized spacial score (nSPS) is 25.6. The van der Waals surface area contributed by atoms with Crippen LogP contribution in [-0.4, -0.2) is 24.6 Å². The zero-order valence-corrected chi connectivity index (χ0v) is 7.85. The standard InChI is InChI=1S/C9H17NO/c1-7-10(5)8(6-11-7)9(2,3)4/h8H,1,6H2,2-5H3. The fraction of sp³-hybridized carbons (Fsp3) is 0.778. The van der Waals surface area contributed by atoms with Crippen LogP contribution in [0.1, 0.15) is 20.8 Å². The van der Waals surface area contributed by atoms with Crippen LogP contribution in [0.4, 0.5) is 0 Å². The summed E-state index contributed by atoms with van der Waals surface area (Å²) in [4.78, 5) is 2.11. The van der Waals surface area contributed by atoms with Crippen molar-refractivity contribution in [3.05, 3.63) is 12.5 Å². The van der Waals surface area contributed by atoms with E-state index in [9.17, 15) is 0 Å². The van der Waals surface area contributed by atoms with Crippen LogP contribution in [0, 0.1) is 5.41 Å². The SMILES string of the molecule is C=C1OCC(C(C)(C)C)N1C. The molecule has 0 spiro atoms. The number of hydrogen-bond acceptors (Lipinski definition) is 2. The van der Waals surface area contributed by atoms with Crippen molar-refractivity contribution in [2.75, 3.05) is 13.7 Å². The van der Waals surface area contributed by atoms with Gasteiger partial charge in [0, 0.05) is 7.05 Å². The van der Waals surface area contributed by atoms with Crippen molar-refractivity contribution in [2.45, 2.75) is 26.8 Å². The number of nitrogens with zero attached hydrogens (tertiary/aromatic N) is 1. The highest BCUT2D eigenvalue weighted by Gasteiger charge is 2.34. The van der Waals surface area contributed by atoms with E-state index < -0.39 is 0 Å². The molecule has 2 nitrogen and oxygen atoms in total. The summed E-state index contributed by atoms with van der Waals surface area (Å²) in [7, 11) is 2.03. The van der Waals surface area contributed by atoms with Gasteiger partial charge in [0.2, 0.25) is 0 Å². The first-order valence-electron chi connectivity index (χ1n) is 3.97. The van der Waals surface area contributed by atoms with E-state index in [-0.39, 0.29) is 5.41 Å². The molecule has 0 radical (unpaired) electrons. The van der Waals surface area contributed by atoms with Crippen molar-refractivity contribution in [1.29, 1.82) is 0 Å². The van der Waals surface area contributed by atoms with Crippen molar-refractivity contribution < 1.29 is 4.74 Å². The zero-order chi connectivity index (χ0) is 8.65. The smallest absolute Gasteiger partial charge is 0.181 e. The lowest BCUT2D eigenvalue weighted by molar-refractivity contribution is 0.191. The first kappa shape index (κ1) is 8.44. The van der Waals surface area contributed by atoms with Crippen LogP contribution >= 0.6 is 0 Å². The topological polar surface area (TPSA) is 12.5 Å². The highest BCUT2D eigenvalue weighted by atomic mass is 16.5. The Kier molecular flexibility index (Phi) is 1.87. The number of hydrogen-bond donors (Lipinski definition) is 0. The summed E-state index contributed by atoms with van der Waals surface area (Å²) >= 11 is 0. The second-order valence-electron chi connectivity index (χ2n) is 4.20. The lowest BCUT2D eigenvalue weighted by Crippen LogP contribution is -2.37. The lowest BCUT2D eigenvalue weighted by atomic mass is 9.87. The molecule has 1 heterocycles. The summed E-state index contributed by atoms with van der Waals surface area (Å²) in [5.74, 6) is 0.796. The molecule has 1 rings (SSSR count). The van der Waals surface area contributed by atoms with E-state index in [1.54, 1.807) is 0 Å². The molecule has 1 atom stereocenters. The molecule has 1 aliphatic rings. The maximum Gasteiger partial charge on any atom is 0.181 e. The predicted molar refractivity (Wildman–Crippen MR) is 46.1 cm³/mol. The maximum atomic E-state index is 5.34. The molecule has 0 N–H and O–H groups in total. The molecule has 0 amide bonds. The van der Waals surface area contributed by atoms with Gasteiger partial charge < -0.3 is 9.64 Å². The fourth-order valence-corrected chi connectivity index (χ4v) is 1.39. The van der Waals surface area contributed by atoms with Crippen molar-refractivity contribution in [3.8, 4) is 0 Å². The first-order chi connectivity index (χ1) is 4.93. The van der Waals surface area contributed by atoms with E-state index in [2.05, 4.69) is 32.3 Å². The van der Waals surface area contributed by atoms with E-state index in [1.165, 1.54) is 0 Å². The van der Waals surface area contributed by atoms with Gasteiger partial charge in [-0.2, -0.15) is 0 Å². The van der Waals surface area contributed by atoms with Crippen LogP contribution < -0.4 is 0 Å². The molecule has 64 valence electrons. The number of rotatable bonds is 0. The summed E-state index contributed by atoms with van der Waals surface area (Å²) in [5, 5.41) is 0. The van der Waals surface area contributed by atoms with Gasteiger partial charge in [-0.1, -0.05) is 20.8 Å². The molecular formula is C9H17NO. The highest BCUT2D eigenvalue weighted by Crippen LogP contribution is 2.30. The Labute approximate surface area is 68.8 Å². The summed E-state index contributed by atoms with van der Waals surface area (Å²) in [6.45, 7) is 11.2. The molecule has 0 saturated carbocycles. The molecule has 0 aromatic heterocycles. The third-order valence-electron chi connectivity index (χ3n) is 2.27. The quantitative estimate of drug-likeness (QED) is 0.529. The van der Waals surface area contributed by atoms with E-state index in [1.807, 2.05) is 7.05 Å². The molecular weight excluding hydrogens is 138 g/mol. The van der Waals surface area contributed by atoms with Crippen molar-refractivity contribution in [1.82, 2.24) is 4.90 Å². The van der Waals surface area contributed by atoms with Gasteiger partial charge in [-0.05, 0) is 12.0 Å². The fourth-order valence-electron chi connectivity index (χ4n) is 1.39. The van der Waals surface area contributed by atoms with Crippen LogP contribution in [0.5, 0.6) is 0 Å². The second-order valence-corrected chi connectivity index (χ2v) is 4.20. The molecule has 0 bridgehead atoms. The Balaban J connectivity index is 2.70. The minimum Gasteiger partial charge on any atom is -0.477 e. The number of ether oxygens (including phenoxy) is 1. The van der Waals surface area contributed by atoms with E-state index in [4.69, 9.17) is 4.74 Å². The lowest BCUT2D eigenvalue weighted by Gasteiger charge is -2.30. The Morgan fingerprint density at radius 1 is 1.55 bits per heavy atom. The molecule has 0 aromatic rings. The van der Waals surface area contributed by atoms with Crippen LogP contribution in [-0.2, 0) is 4.74 Å². The minimum atomic E-state index is 0.272. The van der Waals surface area contributed by atoms with E-state index in [0.717, 1.165) is 12.5 Å². The molecule has 1 saturated heterocycles. The Hall–Kier alpha value is -0.660. The molecule has 0 aromatic carbocycles. The van der Waals surface area contributed by atoms with Gasteiger partial charge >= 0.3 is 0 Å². The van der Waals surface area contributed by atoms with Gasteiger partial charge in [-0.25, -0.2) is 0 Å². The minimum absolute atomic E-state index is 0.272. The summed E-state index contributed by atoms with van der Waals surface area (Å²) in [5.41, 5.74) is 0.272. The van der Waals surface area contributed by atoms with Gasteiger partial charge in [0.05, 0.1) is 6.04 Å². The maximum absolute atomic E-state index is 5.34. The van der Waals surface area contributed by atoms with Gasteiger partial charge in [0.15, 0.2) is 5.88 Å². The van der Waals surface area contributed by atoms with E-state index in [0.29, 0.717) is 6.04 Å². The second kappa shape index (κ2) is 2.43. The van der Waals surface area contributed by atoms with E-state index >= 15 is 0 Å². The van der Waals surface area contributed by atoms with Crippen molar-refractivity contribution in [3.63, 3.8) is 0 Å².